The van der Waals surface area contributed by atoms with E-state index in [4.69, 9.17) is 16.3 Å². The highest BCUT2D eigenvalue weighted by molar-refractivity contribution is 6.30. The highest BCUT2D eigenvalue weighted by Gasteiger charge is 2.40. The summed E-state index contributed by atoms with van der Waals surface area (Å²) in [7, 11) is 0. The molecule has 152 valence electrons. The van der Waals surface area contributed by atoms with Gasteiger partial charge in [-0.1, -0.05) is 30.2 Å². The van der Waals surface area contributed by atoms with E-state index in [2.05, 4.69) is 10.9 Å². The number of amides is 2. The van der Waals surface area contributed by atoms with E-state index in [0.717, 1.165) is 23.7 Å². The molecule has 0 saturated heterocycles. The van der Waals surface area contributed by atoms with Crippen LogP contribution in [0.4, 0.5) is 0 Å². The summed E-state index contributed by atoms with van der Waals surface area (Å²) in [4.78, 5) is 24.4. The predicted octanol–water partition coefficient (Wildman–Crippen LogP) is 4.51. The van der Waals surface area contributed by atoms with Crippen LogP contribution in [0.3, 0.4) is 0 Å². The van der Waals surface area contributed by atoms with Gasteiger partial charge in [0.1, 0.15) is 12.4 Å². The molecular weight excluding hydrogens is 388 g/mol. The Morgan fingerprint density at radius 3 is 2.38 bits per heavy atom. The molecule has 2 fully saturated rings. The van der Waals surface area contributed by atoms with Crippen molar-refractivity contribution in [3.63, 3.8) is 0 Å². The third-order valence-corrected chi connectivity index (χ3v) is 6.33. The minimum absolute atomic E-state index is 0.108. The minimum atomic E-state index is -0.323. The molecule has 2 amide bonds. The Bertz CT molecular complexity index is 867. The van der Waals surface area contributed by atoms with Gasteiger partial charge in [-0.25, -0.2) is 0 Å². The van der Waals surface area contributed by atoms with Gasteiger partial charge in [0, 0.05) is 17.0 Å². The monoisotopic (exact) mass is 412 g/mol. The molecule has 0 heterocycles. The lowest BCUT2D eigenvalue weighted by Crippen LogP contribution is -2.42. The molecule has 2 aromatic rings. The topological polar surface area (TPSA) is 67.4 Å². The van der Waals surface area contributed by atoms with Gasteiger partial charge >= 0.3 is 0 Å². The molecule has 5 nitrogen and oxygen atoms in total. The molecule has 2 aliphatic rings. The van der Waals surface area contributed by atoms with Crippen molar-refractivity contribution in [1.82, 2.24) is 10.9 Å². The fourth-order valence-electron chi connectivity index (χ4n) is 4.56. The quantitative estimate of drug-likeness (QED) is 0.686. The summed E-state index contributed by atoms with van der Waals surface area (Å²) in [5.41, 5.74) is 6.50. The number of hydrazine groups is 1. The molecule has 2 bridgehead atoms. The Balaban J connectivity index is 1.21. The first kappa shape index (κ1) is 19.8. The molecule has 2 N–H and O–H groups in total. The average molecular weight is 413 g/mol. The summed E-state index contributed by atoms with van der Waals surface area (Å²) in [6, 6.07) is 14.3. The first-order valence-corrected chi connectivity index (χ1v) is 10.5. The maximum absolute atomic E-state index is 12.3. The zero-order chi connectivity index (χ0) is 20.2. The van der Waals surface area contributed by atoms with Gasteiger partial charge in [-0.05, 0) is 79.0 Å². The molecule has 0 spiro atoms. The maximum Gasteiger partial charge on any atom is 0.269 e. The lowest BCUT2D eigenvalue weighted by molar-refractivity contribution is -0.123. The maximum atomic E-state index is 12.3. The van der Waals surface area contributed by atoms with Crippen LogP contribution in [0.2, 0.25) is 5.02 Å². The highest BCUT2D eigenvalue weighted by Crippen LogP contribution is 2.49. The molecule has 0 aromatic heterocycles. The van der Waals surface area contributed by atoms with Crippen LogP contribution in [0.5, 0.6) is 5.75 Å². The second kappa shape index (κ2) is 8.87. The molecule has 4 rings (SSSR count). The number of carbonyl (C=O) groups is 2. The zero-order valence-electron chi connectivity index (χ0n) is 16.2. The minimum Gasteiger partial charge on any atom is -0.489 e. The fourth-order valence-corrected chi connectivity index (χ4v) is 4.69. The van der Waals surface area contributed by atoms with Gasteiger partial charge in [0.2, 0.25) is 5.91 Å². The van der Waals surface area contributed by atoms with E-state index >= 15 is 0 Å². The standard InChI is InChI=1S/C23H25ClN2O3/c24-20-7-9-21(10-8-20)29-14-15-1-4-17(5-2-15)23(28)26-25-22(27)13-19-12-16-3-6-18(19)11-16/h1-2,4-5,7-10,16,18-19H,3,6,11-14H2,(H,25,27)(H,26,28)/t16-,18+,19+/m1/s1. The van der Waals surface area contributed by atoms with E-state index in [1.165, 1.54) is 19.3 Å². The van der Waals surface area contributed by atoms with E-state index in [0.29, 0.717) is 35.4 Å². The molecular formula is C23H25ClN2O3. The SMILES string of the molecule is O=C(C[C@@H]1C[C@@H]2CC[C@H]1C2)NNC(=O)c1ccc(COc2ccc(Cl)cc2)cc1. The number of benzene rings is 2. The second-order valence-corrected chi connectivity index (χ2v) is 8.52. The van der Waals surface area contributed by atoms with Crippen LogP contribution in [0.25, 0.3) is 0 Å². The molecule has 3 atom stereocenters. The number of hydrogen-bond donors (Lipinski definition) is 2. The number of carbonyl (C=O) groups excluding carboxylic acids is 2. The van der Waals surface area contributed by atoms with E-state index < -0.39 is 0 Å². The Kier molecular flexibility index (Phi) is 6.05. The molecule has 0 aliphatic heterocycles. The molecule has 2 aliphatic carbocycles. The van der Waals surface area contributed by atoms with Crippen molar-refractivity contribution in [1.29, 1.82) is 0 Å². The van der Waals surface area contributed by atoms with E-state index in [9.17, 15) is 9.59 Å². The molecule has 2 aromatic carbocycles. The lowest BCUT2D eigenvalue weighted by Gasteiger charge is -2.20. The van der Waals surface area contributed by atoms with Crippen molar-refractivity contribution in [3.8, 4) is 5.75 Å². The molecule has 0 unspecified atom stereocenters. The van der Waals surface area contributed by atoms with Crippen LogP contribution in [-0.2, 0) is 11.4 Å². The van der Waals surface area contributed by atoms with E-state index in [-0.39, 0.29) is 11.8 Å². The second-order valence-electron chi connectivity index (χ2n) is 8.08. The Morgan fingerprint density at radius 2 is 1.72 bits per heavy atom. The van der Waals surface area contributed by atoms with Crippen LogP contribution >= 0.6 is 11.6 Å². The summed E-state index contributed by atoms with van der Waals surface area (Å²) in [6.45, 7) is 0.393. The van der Waals surface area contributed by atoms with Gasteiger partial charge in [0.15, 0.2) is 0 Å². The molecule has 2 saturated carbocycles. The van der Waals surface area contributed by atoms with Crippen molar-refractivity contribution < 1.29 is 14.3 Å². The smallest absolute Gasteiger partial charge is 0.269 e. The van der Waals surface area contributed by atoms with Gasteiger partial charge in [0.25, 0.3) is 5.91 Å². The molecule has 6 heteroatoms. The van der Waals surface area contributed by atoms with Crippen LogP contribution in [-0.4, -0.2) is 11.8 Å². The van der Waals surface area contributed by atoms with Gasteiger partial charge in [0.05, 0.1) is 0 Å². The van der Waals surface area contributed by atoms with Gasteiger partial charge in [-0.3, -0.25) is 20.4 Å². The van der Waals surface area contributed by atoms with Crippen LogP contribution in [0.1, 0.15) is 48.0 Å². The average Bonchev–Trinajstić information content (AvgIpc) is 3.35. The third-order valence-electron chi connectivity index (χ3n) is 6.08. The fraction of sp³-hybridized carbons (Fsp3) is 0.391. The van der Waals surface area contributed by atoms with Crippen LogP contribution in [0.15, 0.2) is 48.5 Å². The summed E-state index contributed by atoms with van der Waals surface area (Å²) in [5, 5.41) is 0.662. The van der Waals surface area contributed by atoms with E-state index in [1.807, 2.05) is 24.3 Å². The van der Waals surface area contributed by atoms with Crippen LogP contribution < -0.4 is 15.6 Å². The summed E-state index contributed by atoms with van der Waals surface area (Å²) in [6.07, 6.45) is 5.51. The first-order valence-electron chi connectivity index (χ1n) is 10.1. The Morgan fingerprint density at radius 1 is 0.966 bits per heavy atom. The van der Waals surface area contributed by atoms with Crippen molar-refractivity contribution in [2.24, 2.45) is 17.8 Å². The van der Waals surface area contributed by atoms with Gasteiger partial charge in [-0.2, -0.15) is 0 Å². The van der Waals surface area contributed by atoms with E-state index in [1.54, 1.807) is 24.3 Å². The number of nitrogens with one attached hydrogen (secondary N) is 2. The Hall–Kier alpha value is -2.53. The summed E-state index contributed by atoms with van der Waals surface area (Å²) < 4.78 is 5.69. The number of hydrogen-bond acceptors (Lipinski definition) is 3. The van der Waals surface area contributed by atoms with Crippen molar-refractivity contribution in [2.75, 3.05) is 0 Å². The predicted molar refractivity (Wildman–Crippen MR) is 111 cm³/mol. The third kappa shape index (κ3) is 5.10. The number of ether oxygens (including phenoxy) is 1. The van der Waals surface area contributed by atoms with Gasteiger partial charge < -0.3 is 4.74 Å². The zero-order valence-corrected chi connectivity index (χ0v) is 17.0. The number of halogens is 1. The van der Waals surface area contributed by atoms with Crippen molar-refractivity contribution in [3.05, 3.63) is 64.7 Å². The first-order chi connectivity index (χ1) is 14.1. The highest BCUT2D eigenvalue weighted by atomic mass is 35.5. The number of rotatable bonds is 6. The Labute approximate surface area is 175 Å². The largest absolute Gasteiger partial charge is 0.489 e. The lowest BCUT2D eigenvalue weighted by atomic mass is 9.86. The summed E-state index contributed by atoms with van der Waals surface area (Å²) >= 11 is 5.86. The molecule has 29 heavy (non-hydrogen) atoms. The van der Waals surface area contributed by atoms with Gasteiger partial charge in [-0.15, -0.1) is 0 Å². The summed E-state index contributed by atoms with van der Waals surface area (Å²) in [5.74, 6) is 2.29. The molecule has 0 radical (unpaired) electrons. The van der Waals surface area contributed by atoms with Crippen molar-refractivity contribution >= 4 is 23.4 Å². The normalized spacial score (nSPS) is 22.3. The van der Waals surface area contributed by atoms with Crippen molar-refractivity contribution in [2.45, 2.75) is 38.7 Å². The van der Waals surface area contributed by atoms with Crippen LogP contribution in [0, 0.1) is 17.8 Å². The number of fused-ring (bicyclic) bond motifs is 2.